The molecule has 0 spiro atoms. The molecule has 0 bridgehead atoms. The summed E-state index contributed by atoms with van der Waals surface area (Å²) in [7, 11) is 0. The minimum absolute atomic E-state index is 0.0887. The summed E-state index contributed by atoms with van der Waals surface area (Å²) in [4.78, 5) is 18.3. The van der Waals surface area contributed by atoms with E-state index in [9.17, 15) is 4.79 Å². The number of rotatable bonds is 3. The number of nitrogens with zero attached hydrogens (tertiary/aromatic N) is 3. The van der Waals surface area contributed by atoms with E-state index in [-0.39, 0.29) is 6.03 Å². The number of nitrogens with one attached hydrogen (secondary N) is 1. The van der Waals surface area contributed by atoms with E-state index in [0.717, 1.165) is 38.2 Å². The molecule has 0 radical (unpaired) electrons. The zero-order valence-corrected chi connectivity index (χ0v) is 13.8. The Balaban J connectivity index is 1.49. The van der Waals surface area contributed by atoms with Crippen LogP contribution in [0.25, 0.3) is 0 Å². The lowest BCUT2D eigenvalue weighted by Crippen LogP contribution is -2.41. The number of carbonyl (C=O) groups is 1. The van der Waals surface area contributed by atoms with Crippen molar-refractivity contribution in [2.75, 3.05) is 18.4 Å². The molecular weight excluding hydrogens is 324 g/mol. The molecule has 0 saturated carbocycles. The summed E-state index contributed by atoms with van der Waals surface area (Å²) in [6, 6.07) is -0.0887. The Morgan fingerprint density at radius 2 is 2.27 bits per heavy atom. The van der Waals surface area contributed by atoms with Crippen molar-refractivity contribution in [2.45, 2.75) is 26.2 Å². The van der Waals surface area contributed by atoms with Gasteiger partial charge in [-0.15, -0.1) is 11.3 Å². The van der Waals surface area contributed by atoms with Crippen LogP contribution in [0.5, 0.6) is 0 Å². The molecule has 1 saturated heterocycles. The van der Waals surface area contributed by atoms with E-state index in [4.69, 9.17) is 16.1 Å². The molecule has 6 nitrogen and oxygen atoms in total. The highest BCUT2D eigenvalue weighted by atomic mass is 35.5. The van der Waals surface area contributed by atoms with Crippen molar-refractivity contribution in [2.24, 2.45) is 5.92 Å². The first-order chi connectivity index (χ1) is 10.6. The van der Waals surface area contributed by atoms with Crippen LogP contribution in [-0.4, -0.2) is 34.2 Å². The summed E-state index contributed by atoms with van der Waals surface area (Å²) in [6.07, 6.45) is 2.69. The van der Waals surface area contributed by atoms with Gasteiger partial charge in [-0.25, -0.2) is 4.79 Å². The van der Waals surface area contributed by atoms with Gasteiger partial charge in [-0.3, -0.25) is 0 Å². The van der Waals surface area contributed by atoms with Gasteiger partial charge in [0.2, 0.25) is 5.89 Å². The Kier molecular flexibility index (Phi) is 4.63. The number of piperidine rings is 1. The topological polar surface area (TPSA) is 71.3 Å². The normalized spacial score (nSPS) is 16.0. The summed E-state index contributed by atoms with van der Waals surface area (Å²) in [5.41, 5.74) is 0.682. The molecule has 0 aliphatic carbocycles. The number of thiophene rings is 1. The Labute approximate surface area is 137 Å². The van der Waals surface area contributed by atoms with Crippen LogP contribution in [0.2, 0.25) is 5.02 Å². The molecule has 1 fully saturated rings. The number of likely N-dealkylation sites (tertiary alicyclic amines) is 1. The van der Waals surface area contributed by atoms with E-state index in [1.54, 1.807) is 12.3 Å². The fourth-order valence-electron chi connectivity index (χ4n) is 2.59. The van der Waals surface area contributed by atoms with E-state index in [1.165, 1.54) is 11.3 Å². The van der Waals surface area contributed by atoms with E-state index in [1.807, 2.05) is 10.3 Å². The predicted molar refractivity (Wildman–Crippen MR) is 85.4 cm³/mol. The Morgan fingerprint density at radius 3 is 2.86 bits per heavy atom. The minimum atomic E-state index is -0.0887. The molecule has 1 N–H and O–H groups in total. The van der Waals surface area contributed by atoms with Crippen molar-refractivity contribution in [1.29, 1.82) is 0 Å². The lowest BCUT2D eigenvalue weighted by atomic mass is 9.93. The highest BCUT2D eigenvalue weighted by Gasteiger charge is 2.24. The zero-order chi connectivity index (χ0) is 15.5. The first-order valence-electron chi connectivity index (χ1n) is 7.18. The third-order valence-electron chi connectivity index (χ3n) is 3.80. The van der Waals surface area contributed by atoms with Crippen molar-refractivity contribution < 1.29 is 9.32 Å². The number of hydrogen-bond donors (Lipinski definition) is 1. The van der Waals surface area contributed by atoms with Crippen LogP contribution in [0.15, 0.2) is 15.3 Å². The zero-order valence-electron chi connectivity index (χ0n) is 12.2. The SMILES string of the molecule is Cc1nc(CC2CCN(C(=O)Nc3cscc3Cl)CC2)no1. The molecule has 3 heterocycles. The molecule has 2 amide bonds. The van der Waals surface area contributed by atoms with Crippen LogP contribution in [0.4, 0.5) is 10.5 Å². The highest BCUT2D eigenvalue weighted by molar-refractivity contribution is 7.09. The Bertz CT molecular complexity index is 649. The average Bonchev–Trinajstić information content (AvgIpc) is 3.09. The van der Waals surface area contributed by atoms with Gasteiger partial charge in [-0.2, -0.15) is 4.98 Å². The largest absolute Gasteiger partial charge is 0.340 e. The molecule has 3 rings (SSSR count). The van der Waals surface area contributed by atoms with Crippen molar-refractivity contribution >= 4 is 34.7 Å². The number of hydrogen-bond acceptors (Lipinski definition) is 5. The lowest BCUT2D eigenvalue weighted by Gasteiger charge is -2.31. The quantitative estimate of drug-likeness (QED) is 0.927. The fraction of sp³-hybridized carbons (Fsp3) is 0.500. The first kappa shape index (κ1) is 15.3. The summed E-state index contributed by atoms with van der Waals surface area (Å²) in [6.45, 7) is 3.25. The number of aryl methyl sites for hydroxylation is 1. The number of carbonyl (C=O) groups excluding carboxylic acids is 1. The second-order valence-electron chi connectivity index (χ2n) is 5.43. The molecule has 8 heteroatoms. The van der Waals surface area contributed by atoms with Crippen LogP contribution in [0, 0.1) is 12.8 Å². The molecule has 1 aliphatic rings. The van der Waals surface area contributed by atoms with Gasteiger partial charge in [0, 0.05) is 37.2 Å². The second kappa shape index (κ2) is 6.66. The number of aromatic nitrogens is 2. The van der Waals surface area contributed by atoms with Gasteiger partial charge in [0.25, 0.3) is 0 Å². The van der Waals surface area contributed by atoms with E-state index < -0.39 is 0 Å². The molecule has 0 atom stereocenters. The maximum atomic E-state index is 12.2. The summed E-state index contributed by atoms with van der Waals surface area (Å²) in [5.74, 6) is 1.84. The molecular formula is C14H17ClN4O2S. The molecule has 1 aliphatic heterocycles. The molecule has 118 valence electrons. The van der Waals surface area contributed by atoms with Crippen molar-refractivity contribution in [3.8, 4) is 0 Å². The third-order valence-corrected chi connectivity index (χ3v) is 4.98. The molecule has 0 unspecified atom stereocenters. The molecule has 2 aromatic rings. The summed E-state index contributed by atoms with van der Waals surface area (Å²) in [5, 5.41) is 11.0. The Hall–Kier alpha value is -1.60. The maximum Gasteiger partial charge on any atom is 0.321 e. The van der Waals surface area contributed by atoms with Gasteiger partial charge >= 0.3 is 6.03 Å². The first-order valence-corrected chi connectivity index (χ1v) is 8.50. The second-order valence-corrected chi connectivity index (χ2v) is 6.58. The maximum absolute atomic E-state index is 12.2. The number of urea groups is 1. The fourth-order valence-corrected chi connectivity index (χ4v) is 3.54. The average molecular weight is 341 g/mol. The van der Waals surface area contributed by atoms with Gasteiger partial charge in [-0.1, -0.05) is 16.8 Å². The van der Waals surface area contributed by atoms with Crippen LogP contribution in [0.3, 0.4) is 0 Å². The van der Waals surface area contributed by atoms with E-state index in [2.05, 4.69) is 15.5 Å². The summed E-state index contributed by atoms with van der Waals surface area (Å²) >= 11 is 7.46. The molecule has 0 aromatic carbocycles. The number of halogens is 1. The smallest absolute Gasteiger partial charge is 0.321 e. The van der Waals surface area contributed by atoms with Crippen LogP contribution in [0.1, 0.15) is 24.6 Å². The monoisotopic (exact) mass is 340 g/mol. The van der Waals surface area contributed by atoms with Gasteiger partial charge in [-0.05, 0) is 18.8 Å². The highest BCUT2D eigenvalue weighted by Crippen LogP contribution is 2.27. The lowest BCUT2D eigenvalue weighted by molar-refractivity contribution is 0.181. The van der Waals surface area contributed by atoms with Crippen LogP contribution >= 0.6 is 22.9 Å². The standard InChI is InChI=1S/C14H17ClN4O2S/c1-9-16-13(18-21-9)6-10-2-4-19(5-3-10)14(20)17-12-8-22-7-11(12)15/h7-8,10H,2-6H2,1H3,(H,17,20). The Morgan fingerprint density at radius 1 is 1.50 bits per heavy atom. The van der Waals surface area contributed by atoms with Crippen molar-refractivity contribution in [3.05, 3.63) is 27.5 Å². The van der Waals surface area contributed by atoms with Gasteiger partial charge in [0.1, 0.15) is 0 Å². The molecule has 2 aromatic heterocycles. The summed E-state index contributed by atoms with van der Waals surface area (Å²) < 4.78 is 4.99. The minimum Gasteiger partial charge on any atom is -0.340 e. The van der Waals surface area contributed by atoms with Gasteiger partial charge in [0.05, 0.1) is 10.7 Å². The van der Waals surface area contributed by atoms with Crippen molar-refractivity contribution in [3.63, 3.8) is 0 Å². The van der Waals surface area contributed by atoms with Crippen LogP contribution in [-0.2, 0) is 6.42 Å². The van der Waals surface area contributed by atoms with E-state index >= 15 is 0 Å². The van der Waals surface area contributed by atoms with E-state index in [0.29, 0.717) is 22.5 Å². The predicted octanol–water partition coefficient (Wildman–Crippen LogP) is 3.58. The van der Waals surface area contributed by atoms with Gasteiger partial charge < -0.3 is 14.7 Å². The van der Waals surface area contributed by atoms with Gasteiger partial charge in [0.15, 0.2) is 5.82 Å². The number of amides is 2. The number of anilines is 1. The van der Waals surface area contributed by atoms with Crippen LogP contribution < -0.4 is 5.32 Å². The third kappa shape index (κ3) is 3.59. The molecule has 22 heavy (non-hydrogen) atoms. The van der Waals surface area contributed by atoms with Crippen molar-refractivity contribution in [1.82, 2.24) is 15.0 Å².